The second-order valence-electron chi connectivity index (χ2n) is 4.74. The Bertz CT molecular complexity index is 521. The van der Waals surface area contributed by atoms with Crippen molar-refractivity contribution < 1.29 is 9.90 Å². The molecule has 1 N–H and O–H groups in total. The Labute approximate surface area is 106 Å². The standard InChI is InChI=1S/C13H15N3O2/c1-8-6-16(7-11(8)13(17)18)12-4-3-10(5-14)9(2)15-12/h3-4,8,11H,6-7H2,1-2H3,(H,17,18). The maximum Gasteiger partial charge on any atom is 0.308 e. The summed E-state index contributed by atoms with van der Waals surface area (Å²) in [6, 6.07) is 5.59. The van der Waals surface area contributed by atoms with Gasteiger partial charge in [-0.05, 0) is 25.0 Å². The highest BCUT2D eigenvalue weighted by molar-refractivity contribution is 5.72. The van der Waals surface area contributed by atoms with Crippen molar-refractivity contribution in [2.45, 2.75) is 13.8 Å². The summed E-state index contributed by atoms with van der Waals surface area (Å²) in [5, 5.41) is 17.9. The van der Waals surface area contributed by atoms with Crippen LogP contribution in [0, 0.1) is 30.1 Å². The lowest BCUT2D eigenvalue weighted by Crippen LogP contribution is -2.23. The van der Waals surface area contributed by atoms with E-state index in [0.29, 0.717) is 24.3 Å². The number of carboxylic acids is 1. The van der Waals surface area contributed by atoms with Crippen LogP contribution in [0.15, 0.2) is 12.1 Å². The number of rotatable bonds is 2. The second kappa shape index (κ2) is 4.65. The number of aryl methyl sites for hydroxylation is 1. The Balaban J connectivity index is 2.22. The largest absolute Gasteiger partial charge is 0.481 e. The predicted octanol–water partition coefficient (Wildman–Crippen LogP) is 1.42. The van der Waals surface area contributed by atoms with E-state index in [0.717, 1.165) is 5.82 Å². The molecule has 18 heavy (non-hydrogen) atoms. The van der Waals surface area contributed by atoms with E-state index >= 15 is 0 Å². The third-order valence-corrected chi connectivity index (χ3v) is 3.45. The molecule has 5 nitrogen and oxygen atoms in total. The Morgan fingerprint density at radius 2 is 2.28 bits per heavy atom. The third-order valence-electron chi connectivity index (χ3n) is 3.45. The number of nitriles is 1. The predicted molar refractivity (Wildman–Crippen MR) is 66.2 cm³/mol. The molecule has 0 amide bonds. The summed E-state index contributed by atoms with van der Waals surface area (Å²) in [6.07, 6.45) is 0. The van der Waals surface area contributed by atoms with Gasteiger partial charge in [0.25, 0.3) is 0 Å². The molecule has 5 heteroatoms. The number of pyridine rings is 1. The SMILES string of the molecule is Cc1nc(N2CC(C)C(C(=O)O)C2)ccc1C#N. The number of hydrogen-bond acceptors (Lipinski definition) is 4. The molecule has 0 bridgehead atoms. The number of aliphatic carboxylic acids is 1. The Morgan fingerprint density at radius 3 is 2.78 bits per heavy atom. The second-order valence-corrected chi connectivity index (χ2v) is 4.74. The highest BCUT2D eigenvalue weighted by atomic mass is 16.4. The van der Waals surface area contributed by atoms with Crippen LogP contribution in [0.5, 0.6) is 0 Å². The van der Waals surface area contributed by atoms with E-state index in [9.17, 15) is 4.79 Å². The highest BCUT2D eigenvalue weighted by Crippen LogP contribution is 2.27. The van der Waals surface area contributed by atoms with Crippen LogP contribution in [0.2, 0.25) is 0 Å². The number of anilines is 1. The number of carbonyl (C=O) groups is 1. The Kier molecular flexibility index (Phi) is 3.19. The summed E-state index contributed by atoms with van der Waals surface area (Å²) in [6.45, 7) is 4.90. The van der Waals surface area contributed by atoms with Gasteiger partial charge >= 0.3 is 5.97 Å². The first kappa shape index (κ1) is 12.4. The average molecular weight is 245 g/mol. The first-order chi connectivity index (χ1) is 8.52. The van der Waals surface area contributed by atoms with Crippen LogP contribution >= 0.6 is 0 Å². The van der Waals surface area contributed by atoms with E-state index in [4.69, 9.17) is 10.4 Å². The lowest BCUT2D eigenvalue weighted by atomic mass is 9.99. The molecule has 0 radical (unpaired) electrons. The van der Waals surface area contributed by atoms with Crippen molar-refractivity contribution in [3.63, 3.8) is 0 Å². The van der Waals surface area contributed by atoms with Gasteiger partial charge in [0.05, 0.1) is 17.2 Å². The fourth-order valence-electron chi connectivity index (χ4n) is 2.32. The molecule has 1 saturated heterocycles. The van der Waals surface area contributed by atoms with E-state index in [1.54, 1.807) is 19.1 Å². The molecular weight excluding hydrogens is 230 g/mol. The fourth-order valence-corrected chi connectivity index (χ4v) is 2.32. The van der Waals surface area contributed by atoms with Crippen molar-refractivity contribution in [3.8, 4) is 6.07 Å². The van der Waals surface area contributed by atoms with E-state index in [2.05, 4.69) is 11.1 Å². The van der Waals surface area contributed by atoms with Crippen LogP contribution in [-0.2, 0) is 4.79 Å². The van der Waals surface area contributed by atoms with E-state index < -0.39 is 5.97 Å². The quantitative estimate of drug-likeness (QED) is 0.852. The smallest absolute Gasteiger partial charge is 0.308 e. The minimum Gasteiger partial charge on any atom is -0.481 e. The first-order valence-electron chi connectivity index (χ1n) is 5.88. The Morgan fingerprint density at radius 1 is 1.56 bits per heavy atom. The van der Waals surface area contributed by atoms with Crippen molar-refractivity contribution in [1.29, 1.82) is 5.26 Å². The number of carboxylic acid groups (broad SMARTS) is 1. The molecule has 1 aliphatic heterocycles. The highest BCUT2D eigenvalue weighted by Gasteiger charge is 2.35. The molecule has 0 aliphatic carbocycles. The van der Waals surface area contributed by atoms with E-state index in [1.807, 2.05) is 11.8 Å². The zero-order valence-electron chi connectivity index (χ0n) is 10.4. The van der Waals surface area contributed by atoms with Crippen molar-refractivity contribution >= 4 is 11.8 Å². The van der Waals surface area contributed by atoms with Gasteiger partial charge in [0, 0.05) is 13.1 Å². The zero-order chi connectivity index (χ0) is 13.3. The van der Waals surface area contributed by atoms with Crippen molar-refractivity contribution in [2.24, 2.45) is 11.8 Å². The summed E-state index contributed by atoms with van der Waals surface area (Å²) in [5.74, 6) is -0.236. The van der Waals surface area contributed by atoms with E-state index in [1.165, 1.54) is 0 Å². The lowest BCUT2D eigenvalue weighted by Gasteiger charge is -2.17. The number of hydrogen-bond donors (Lipinski definition) is 1. The normalized spacial score (nSPS) is 22.8. The minimum absolute atomic E-state index is 0.111. The summed E-state index contributed by atoms with van der Waals surface area (Å²) < 4.78 is 0. The molecule has 1 aromatic rings. The monoisotopic (exact) mass is 245 g/mol. The molecule has 1 aromatic heterocycles. The molecule has 2 unspecified atom stereocenters. The summed E-state index contributed by atoms with van der Waals surface area (Å²) in [5.41, 5.74) is 1.24. The third kappa shape index (κ3) is 2.14. The van der Waals surface area contributed by atoms with Gasteiger partial charge in [0.1, 0.15) is 11.9 Å². The molecule has 0 aromatic carbocycles. The molecule has 94 valence electrons. The average Bonchev–Trinajstić information content (AvgIpc) is 2.71. The van der Waals surface area contributed by atoms with Gasteiger partial charge in [0.15, 0.2) is 0 Å². The van der Waals surface area contributed by atoms with Gasteiger partial charge in [-0.3, -0.25) is 4.79 Å². The lowest BCUT2D eigenvalue weighted by molar-refractivity contribution is -0.142. The number of aromatic nitrogens is 1. The molecule has 0 saturated carbocycles. The van der Waals surface area contributed by atoms with Crippen LogP contribution < -0.4 is 4.90 Å². The van der Waals surface area contributed by atoms with Crippen molar-refractivity contribution in [1.82, 2.24) is 4.98 Å². The van der Waals surface area contributed by atoms with Gasteiger partial charge in [-0.2, -0.15) is 5.26 Å². The van der Waals surface area contributed by atoms with Crippen molar-refractivity contribution in [2.75, 3.05) is 18.0 Å². The topological polar surface area (TPSA) is 77.2 Å². The van der Waals surface area contributed by atoms with Crippen LogP contribution in [0.1, 0.15) is 18.2 Å². The molecule has 2 rings (SSSR count). The van der Waals surface area contributed by atoms with Gasteiger partial charge in [-0.15, -0.1) is 0 Å². The van der Waals surface area contributed by atoms with E-state index in [-0.39, 0.29) is 11.8 Å². The molecule has 0 spiro atoms. The molecular formula is C13H15N3O2. The van der Waals surface area contributed by atoms with Gasteiger partial charge in [-0.1, -0.05) is 6.92 Å². The summed E-state index contributed by atoms with van der Waals surface area (Å²) >= 11 is 0. The maximum atomic E-state index is 11.1. The molecule has 2 atom stereocenters. The Hall–Kier alpha value is -2.09. The first-order valence-corrected chi connectivity index (χ1v) is 5.88. The zero-order valence-corrected chi connectivity index (χ0v) is 10.4. The fraction of sp³-hybridized carbons (Fsp3) is 0.462. The summed E-state index contributed by atoms with van der Waals surface area (Å²) in [4.78, 5) is 17.4. The number of nitrogens with zero attached hydrogens (tertiary/aromatic N) is 3. The van der Waals surface area contributed by atoms with Crippen LogP contribution in [0.25, 0.3) is 0 Å². The minimum atomic E-state index is -0.754. The van der Waals surface area contributed by atoms with Crippen LogP contribution in [0.3, 0.4) is 0 Å². The van der Waals surface area contributed by atoms with Crippen molar-refractivity contribution in [3.05, 3.63) is 23.4 Å². The summed E-state index contributed by atoms with van der Waals surface area (Å²) in [7, 11) is 0. The van der Waals surface area contributed by atoms with Gasteiger partial charge < -0.3 is 10.0 Å². The van der Waals surface area contributed by atoms with Crippen LogP contribution in [-0.4, -0.2) is 29.1 Å². The molecule has 1 aliphatic rings. The van der Waals surface area contributed by atoms with Gasteiger partial charge in [0.2, 0.25) is 0 Å². The van der Waals surface area contributed by atoms with Crippen LogP contribution in [0.4, 0.5) is 5.82 Å². The maximum absolute atomic E-state index is 11.1. The molecule has 1 fully saturated rings. The molecule has 2 heterocycles. The van der Waals surface area contributed by atoms with Gasteiger partial charge in [-0.25, -0.2) is 4.98 Å².